The molecule has 0 aliphatic carbocycles. The van der Waals surface area contributed by atoms with Gasteiger partial charge in [0.15, 0.2) is 5.78 Å². The number of aryl methyl sites for hydroxylation is 1. The summed E-state index contributed by atoms with van der Waals surface area (Å²) in [6, 6.07) is 16.3. The second kappa shape index (κ2) is 10.1. The third-order valence-electron chi connectivity index (χ3n) is 5.73. The smallest absolute Gasteiger partial charge is 0.270 e. The van der Waals surface area contributed by atoms with Crippen molar-refractivity contribution in [1.82, 2.24) is 14.8 Å². The molecule has 6 heteroatoms. The molecule has 4 rings (SSSR count). The van der Waals surface area contributed by atoms with E-state index >= 15 is 0 Å². The van der Waals surface area contributed by atoms with Crippen LogP contribution < -0.4 is 0 Å². The summed E-state index contributed by atoms with van der Waals surface area (Å²) in [5.41, 5.74) is 2.35. The number of H-pyrrole nitrogens is 1. The Morgan fingerprint density at radius 1 is 1.10 bits per heavy atom. The lowest BCUT2D eigenvalue weighted by Gasteiger charge is -2.21. The van der Waals surface area contributed by atoms with Gasteiger partial charge in [-0.05, 0) is 49.9 Å². The van der Waals surface area contributed by atoms with Gasteiger partial charge in [0, 0.05) is 47.7 Å². The number of carbonyl (C=O) groups is 2. The van der Waals surface area contributed by atoms with Gasteiger partial charge in [-0.2, -0.15) is 0 Å². The van der Waals surface area contributed by atoms with E-state index in [-0.39, 0.29) is 11.7 Å². The molecule has 3 aromatic rings. The van der Waals surface area contributed by atoms with E-state index in [1.54, 1.807) is 23.6 Å². The predicted molar refractivity (Wildman–Crippen MR) is 125 cm³/mol. The number of thiophene rings is 1. The Kier molecular flexibility index (Phi) is 6.99. The molecule has 1 aliphatic rings. The minimum atomic E-state index is -0.00783. The van der Waals surface area contributed by atoms with Crippen LogP contribution in [-0.2, 0) is 13.0 Å². The van der Waals surface area contributed by atoms with Crippen LogP contribution in [0.1, 0.15) is 49.0 Å². The normalized spacial score (nSPS) is 13.8. The quantitative estimate of drug-likeness (QED) is 0.502. The lowest BCUT2D eigenvalue weighted by molar-refractivity contribution is 0.0787. The molecule has 1 aromatic carbocycles. The molecule has 1 aliphatic heterocycles. The Balaban J connectivity index is 1.42. The van der Waals surface area contributed by atoms with Gasteiger partial charge in [0.1, 0.15) is 5.69 Å². The number of hydrogen-bond acceptors (Lipinski definition) is 4. The molecular formula is C25H29N3O2S. The number of nitrogens with zero attached hydrogens (tertiary/aromatic N) is 2. The van der Waals surface area contributed by atoms with Crippen LogP contribution in [-0.4, -0.2) is 52.7 Å². The van der Waals surface area contributed by atoms with Crippen molar-refractivity contribution in [2.45, 2.75) is 32.7 Å². The van der Waals surface area contributed by atoms with Gasteiger partial charge in [0.05, 0.1) is 6.54 Å². The van der Waals surface area contributed by atoms with Crippen LogP contribution >= 0.6 is 11.3 Å². The van der Waals surface area contributed by atoms with Gasteiger partial charge >= 0.3 is 0 Å². The van der Waals surface area contributed by atoms with Crippen molar-refractivity contribution in [2.24, 2.45) is 0 Å². The Morgan fingerprint density at radius 2 is 1.87 bits per heavy atom. The highest BCUT2D eigenvalue weighted by atomic mass is 32.1. The SMILES string of the molecule is Cc1ccc(CN(CCc2ccccc2)CC(=O)c2c[nH]c(C(=O)N3CCCC3)c2)s1. The molecule has 1 N–H and O–H groups in total. The van der Waals surface area contributed by atoms with Gasteiger partial charge < -0.3 is 9.88 Å². The largest absolute Gasteiger partial charge is 0.356 e. The van der Waals surface area contributed by atoms with Gasteiger partial charge in [0.25, 0.3) is 5.91 Å². The summed E-state index contributed by atoms with van der Waals surface area (Å²) in [5, 5.41) is 0. The van der Waals surface area contributed by atoms with Crippen molar-refractivity contribution in [1.29, 1.82) is 0 Å². The van der Waals surface area contributed by atoms with Crippen LogP contribution in [0.4, 0.5) is 0 Å². The highest BCUT2D eigenvalue weighted by molar-refractivity contribution is 7.11. The third-order valence-corrected chi connectivity index (χ3v) is 6.72. The summed E-state index contributed by atoms with van der Waals surface area (Å²) in [6.45, 7) is 5.59. The molecule has 1 saturated heterocycles. The van der Waals surface area contributed by atoms with E-state index in [0.717, 1.165) is 45.4 Å². The molecule has 0 saturated carbocycles. The number of ketones is 1. The zero-order valence-corrected chi connectivity index (χ0v) is 18.8. The first-order valence-corrected chi connectivity index (χ1v) is 11.7. The summed E-state index contributed by atoms with van der Waals surface area (Å²) in [5.74, 6) is 0.0320. The number of aromatic nitrogens is 1. The topological polar surface area (TPSA) is 56.4 Å². The highest BCUT2D eigenvalue weighted by Crippen LogP contribution is 2.19. The number of likely N-dealkylation sites (tertiary alicyclic amines) is 1. The van der Waals surface area contributed by atoms with Crippen LogP contribution in [0.25, 0.3) is 0 Å². The van der Waals surface area contributed by atoms with E-state index in [1.807, 2.05) is 23.1 Å². The molecule has 0 atom stereocenters. The molecule has 5 nitrogen and oxygen atoms in total. The number of Topliss-reactive ketones (excluding diaryl/α,β-unsaturated/α-hetero) is 1. The zero-order chi connectivity index (χ0) is 21.6. The van der Waals surface area contributed by atoms with E-state index in [1.165, 1.54) is 15.3 Å². The van der Waals surface area contributed by atoms with Crippen LogP contribution in [0.2, 0.25) is 0 Å². The van der Waals surface area contributed by atoms with Crippen molar-refractivity contribution in [3.63, 3.8) is 0 Å². The number of amides is 1. The zero-order valence-electron chi connectivity index (χ0n) is 18.0. The van der Waals surface area contributed by atoms with Crippen LogP contribution in [0.15, 0.2) is 54.7 Å². The summed E-state index contributed by atoms with van der Waals surface area (Å²) >= 11 is 1.77. The third kappa shape index (κ3) is 5.71. The van der Waals surface area contributed by atoms with Crippen molar-refractivity contribution >= 4 is 23.0 Å². The maximum atomic E-state index is 13.0. The monoisotopic (exact) mass is 435 g/mol. The average Bonchev–Trinajstić information content (AvgIpc) is 3.54. The van der Waals surface area contributed by atoms with Crippen molar-refractivity contribution in [3.8, 4) is 0 Å². The Morgan fingerprint density at radius 3 is 2.58 bits per heavy atom. The van der Waals surface area contributed by atoms with E-state index < -0.39 is 0 Å². The Hall–Kier alpha value is -2.70. The highest BCUT2D eigenvalue weighted by Gasteiger charge is 2.22. The Bertz CT molecular complexity index is 1020. The molecule has 0 spiro atoms. The maximum absolute atomic E-state index is 13.0. The summed E-state index contributed by atoms with van der Waals surface area (Å²) in [4.78, 5) is 35.2. The first-order valence-electron chi connectivity index (χ1n) is 10.9. The number of aromatic amines is 1. The van der Waals surface area contributed by atoms with Crippen LogP contribution in [0.3, 0.4) is 0 Å². The fourth-order valence-electron chi connectivity index (χ4n) is 4.00. The molecule has 0 bridgehead atoms. The minimum Gasteiger partial charge on any atom is -0.356 e. The number of nitrogens with one attached hydrogen (secondary N) is 1. The van der Waals surface area contributed by atoms with E-state index in [0.29, 0.717) is 17.8 Å². The number of benzene rings is 1. The molecule has 0 radical (unpaired) electrons. The summed E-state index contributed by atoms with van der Waals surface area (Å²) in [7, 11) is 0. The molecule has 2 aromatic heterocycles. The molecular weight excluding hydrogens is 406 g/mol. The molecule has 31 heavy (non-hydrogen) atoms. The molecule has 3 heterocycles. The lowest BCUT2D eigenvalue weighted by atomic mass is 10.1. The van der Waals surface area contributed by atoms with E-state index in [2.05, 4.69) is 41.1 Å². The molecule has 0 unspecified atom stereocenters. The van der Waals surface area contributed by atoms with E-state index in [9.17, 15) is 9.59 Å². The van der Waals surface area contributed by atoms with Gasteiger partial charge in [0.2, 0.25) is 0 Å². The minimum absolute atomic E-state index is 0.00783. The second-order valence-corrected chi connectivity index (χ2v) is 9.56. The van der Waals surface area contributed by atoms with Gasteiger partial charge in [-0.3, -0.25) is 14.5 Å². The predicted octanol–water partition coefficient (Wildman–Crippen LogP) is 4.55. The van der Waals surface area contributed by atoms with Crippen LogP contribution in [0, 0.1) is 6.92 Å². The number of hydrogen-bond donors (Lipinski definition) is 1. The standard InChI is InChI=1S/C25H29N3O2S/c1-19-9-10-22(31-19)17-27(14-11-20-7-3-2-4-8-20)18-24(29)21-15-23(26-16-21)25(30)28-12-5-6-13-28/h2-4,7-10,15-16,26H,5-6,11-14,17-18H2,1H3. The first-order chi connectivity index (χ1) is 15.1. The lowest BCUT2D eigenvalue weighted by Crippen LogP contribution is -2.31. The fraction of sp³-hybridized carbons (Fsp3) is 0.360. The molecule has 1 amide bonds. The molecule has 1 fully saturated rings. The van der Waals surface area contributed by atoms with Crippen molar-refractivity contribution in [3.05, 3.63) is 81.3 Å². The molecule has 162 valence electrons. The Labute approximate surface area is 187 Å². The van der Waals surface area contributed by atoms with Gasteiger partial charge in [-0.25, -0.2) is 0 Å². The first kappa shape index (κ1) is 21.5. The summed E-state index contributed by atoms with van der Waals surface area (Å²) in [6.07, 6.45) is 4.67. The average molecular weight is 436 g/mol. The van der Waals surface area contributed by atoms with Gasteiger partial charge in [-0.1, -0.05) is 30.3 Å². The summed E-state index contributed by atoms with van der Waals surface area (Å²) < 4.78 is 0. The van der Waals surface area contributed by atoms with Crippen LogP contribution in [0.5, 0.6) is 0 Å². The maximum Gasteiger partial charge on any atom is 0.270 e. The van der Waals surface area contributed by atoms with E-state index in [4.69, 9.17) is 0 Å². The fourth-order valence-corrected chi connectivity index (χ4v) is 4.93. The van der Waals surface area contributed by atoms with Crippen molar-refractivity contribution < 1.29 is 9.59 Å². The number of carbonyl (C=O) groups excluding carboxylic acids is 2. The number of rotatable bonds is 9. The van der Waals surface area contributed by atoms with Gasteiger partial charge in [-0.15, -0.1) is 11.3 Å². The second-order valence-electron chi connectivity index (χ2n) is 8.18. The van der Waals surface area contributed by atoms with Crippen molar-refractivity contribution in [2.75, 3.05) is 26.2 Å².